The predicted octanol–water partition coefficient (Wildman–Crippen LogP) is 1.67. The number of hydrogen-bond acceptors (Lipinski definition) is 5. The molecule has 1 aromatic carbocycles. The van der Waals surface area contributed by atoms with Gasteiger partial charge in [0.2, 0.25) is 5.91 Å². The van der Waals surface area contributed by atoms with Crippen LogP contribution in [0.25, 0.3) is 0 Å². The van der Waals surface area contributed by atoms with E-state index < -0.39 is 24.5 Å². The van der Waals surface area contributed by atoms with Crippen molar-refractivity contribution in [1.82, 2.24) is 10.6 Å². The zero-order valence-electron chi connectivity index (χ0n) is 14.5. The molecule has 4 amide bonds. The lowest BCUT2D eigenvalue weighted by Gasteiger charge is -2.09. The number of nitrogens with one attached hydrogen (secondary N) is 3. The molecule has 136 valence electrons. The van der Waals surface area contributed by atoms with Crippen molar-refractivity contribution in [2.75, 3.05) is 18.5 Å². The lowest BCUT2D eigenvalue weighted by Crippen LogP contribution is -2.41. The number of urea groups is 1. The van der Waals surface area contributed by atoms with Crippen LogP contribution in [0.15, 0.2) is 24.3 Å². The van der Waals surface area contributed by atoms with Crippen LogP contribution in [-0.2, 0) is 14.3 Å². The van der Waals surface area contributed by atoms with Crippen LogP contribution in [0, 0.1) is 5.92 Å². The molecule has 3 N–H and O–H groups in total. The van der Waals surface area contributed by atoms with Crippen LogP contribution in [0.1, 0.15) is 37.6 Å². The summed E-state index contributed by atoms with van der Waals surface area (Å²) in [6.07, 6.45) is 0.797. The molecule has 0 aliphatic carbocycles. The quantitative estimate of drug-likeness (QED) is 0.648. The standard InChI is InChI=1S/C17H23N3O5/c1-11(2)8-9-18-17(24)20-15(22)10-25-16(23)13-4-6-14(7-5-13)19-12(3)21/h4-7,11H,8-10H2,1-3H3,(H,19,21)(H2,18,20,22,24). The van der Waals surface area contributed by atoms with E-state index in [2.05, 4.69) is 16.0 Å². The van der Waals surface area contributed by atoms with E-state index in [1.807, 2.05) is 13.8 Å². The Morgan fingerprint density at radius 2 is 1.72 bits per heavy atom. The zero-order valence-corrected chi connectivity index (χ0v) is 14.5. The second-order valence-corrected chi connectivity index (χ2v) is 5.82. The lowest BCUT2D eigenvalue weighted by molar-refractivity contribution is -0.123. The average Bonchev–Trinajstić information content (AvgIpc) is 2.52. The molecule has 0 saturated carbocycles. The van der Waals surface area contributed by atoms with Crippen molar-refractivity contribution >= 4 is 29.5 Å². The summed E-state index contributed by atoms with van der Waals surface area (Å²) in [5.41, 5.74) is 0.767. The van der Waals surface area contributed by atoms with E-state index in [-0.39, 0.29) is 11.5 Å². The Morgan fingerprint density at radius 1 is 1.08 bits per heavy atom. The van der Waals surface area contributed by atoms with Gasteiger partial charge in [-0.15, -0.1) is 0 Å². The molecule has 0 atom stereocenters. The molecular formula is C17H23N3O5. The Hall–Kier alpha value is -2.90. The third-order valence-electron chi connectivity index (χ3n) is 3.04. The van der Waals surface area contributed by atoms with E-state index in [1.54, 1.807) is 12.1 Å². The van der Waals surface area contributed by atoms with Crippen molar-refractivity contribution in [3.8, 4) is 0 Å². The number of anilines is 1. The maximum absolute atomic E-state index is 11.8. The Bertz CT molecular complexity index is 626. The first-order chi connectivity index (χ1) is 11.8. The highest BCUT2D eigenvalue weighted by molar-refractivity contribution is 5.97. The number of carbonyl (C=O) groups excluding carboxylic acids is 4. The van der Waals surface area contributed by atoms with Crippen molar-refractivity contribution in [3.63, 3.8) is 0 Å². The molecule has 1 aromatic rings. The number of esters is 1. The highest BCUT2D eigenvalue weighted by Crippen LogP contribution is 2.10. The smallest absolute Gasteiger partial charge is 0.338 e. The molecule has 0 bridgehead atoms. The first-order valence-corrected chi connectivity index (χ1v) is 7.90. The minimum Gasteiger partial charge on any atom is -0.452 e. The van der Waals surface area contributed by atoms with Gasteiger partial charge in [0.05, 0.1) is 5.56 Å². The molecule has 0 fully saturated rings. The number of ether oxygens (including phenoxy) is 1. The van der Waals surface area contributed by atoms with Crippen LogP contribution in [0.5, 0.6) is 0 Å². The molecular weight excluding hydrogens is 326 g/mol. The van der Waals surface area contributed by atoms with Gasteiger partial charge in [-0.1, -0.05) is 13.8 Å². The van der Waals surface area contributed by atoms with Gasteiger partial charge < -0.3 is 15.4 Å². The summed E-state index contributed by atoms with van der Waals surface area (Å²) in [6, 6.07) is 5.38. The topological polar surface area (TPSA) is 114 Å². The second kappa shape index (κ2) is 10.1. The third-order valence-corrected chi connectivity index (χ3v) is 3.04. The van der Waals surface area contributed by atoms with Gasteiger partial charge in [-0.05, 0) is 36.6 Å². The molecule has 25 heavy (non-hydrogen) atoms. The molecule has 0 aliphatic rings. The van der Waals surface area contributed by atoms with Crippen LogP contribution >= 0.6 is 0 Å². The van der Waals surface area contributed by atoms with E-state index in [1.165, 1.54) is 19.1 Å². The van der Waals surface area contributed by atoms with E-state index in [0.717, 1.165) is 6.42 Å². The highest BCUT2D eigenvalue weighted by atomic mass is 16.5. The van der Waals surface area contributed by atoms with Crippen LogP contribution in [0.2, 0.25) is 0 Å². The van der Waals surface area contributed by atoms with E-state index in [4.69, 9.17) is 4.74 Å². The number of hydrogen-bond donors (Lipinski definition) is 3. The van der Waals surface area contributed by atoms with Gasteiger partial charge in [0.15, 0.2) is 6.61 Å². The molecule has 0 unspecified atom stereocenters. The summed E-state index contributed by atoms with van der Waals surface area (Å²) in [7, 11) is 0. The van der Waals surface area contributed by atoms with Gasteiger partial charge in [0.25, 0.3) is 5.91 Å². The average molecular weight is 349 g/mol. The maximum atomic E-state index is 11.8. The molecule has 0 heterocycles. The summed E-state index contributed by atoms with van der Waals surface area (Å²) in [5, 5.41) is 7.18. The van der Waals surface area contributed by atoms with Gasteiger partial charge in [0, 0.05) is 19.2 Å². The van der Waals surface area contributed by atoms with Gasteiger partial charge in [0.1, 0.15) is 0 Å². The Morgan fingerprint density at radius 3 is 2.28 bits per heavy atom. The molecule has 0 radical (unpaired) electrons. The Labute approximate surface area is 146 Å². The fourth-order valence-corrected chi connectivity index (χ4v) is 1.79. The third kappa shape index (κ3) is 8.50. The SMILES string of the molecule is CC(=O)Nc1ccc(C(=O)OCC(=O)NC(=O)NCCC(C)C)cc1. The minimum atomic E-state index is -0.717. The summed E-state index contributed by atoms with van der Waals surface area (Å²) >= 11 is 0. The Balaban J connectivity index is 2.36. The minimum absolute atomic E-state index is 0.223. The molecule has 8 nitrogen and oxygen atoms in total. The zero-order chi connectivity index (χ0) is 18.8. The summed E-state index contributed by atoms with van der Waals surface area (Å²) in [4.78, 5) is 45.8. The maximum Gasteiger partial charge on any atom is 0.338 e. The molecule has 0 spiro atoms. The van der Waals surface area contributed by atoms with Gasteiger partial charge in [-0.3, -0.25) is 14.9 Å². The monoisotopic (exact) mass is 349 g/mol. The van der Waals surface area contributed by atoms with Crippen LogP contribution in [0.3, 0.4) is 0 Å². The van der Waals surface area contributed by atoms with Gasteiger partial charge >= 0.3 is 12.0 Å². The molecule has 8 heteroatoms. The Kier molecular flexibility index (Phi) is 8.11. The number of imide groups is 1. The fourth-order valence-electron chi connectivity index (χ4n) is 1.79. The van der Waals surface area contributed by atoms with Crippen LogP contribution in [0.4, 0.5) is 10.5 Å². The molecule has 0 aromatic heterocycles. The van der Waals surface area contributed by atoms with Gasteiger partial charge in [-0.25, -0.2) is 9.59 Å². The van der Waals surface area contributed by atoms with Crippen molar-refractivity contribution < 1.29 is 23.9 Å². The van der Waals surface area contributed by atoms with Gasteiger partial charge in [-0.2, -0.15) is 0 Å². The highest BCUT2D eigenvalue weighted by Gasteiger charge is 2.12. The number of amides is 4. The first-order valence-electron chi connectivity index (χ1n) is 7.90. The molecule has 0 saturated heterocycles. The van der Waals surface area contributed by atoms with Crippen molar-refractivity contribution in [3.05, 3.63) is 29.8 Å². The van der Waals surface area contributed by atoms with Crippen molar-refractivity contribution in [2.45, 2.75) is 27.2 Å². The summed E-state index contributed by atoms with van der Waals surface area (Å²) in [5.74, 6) is -1.21. The summed E-state index contributed by atoms with van der Waals surface area (Å²) < 4.78 is 4.84. The summed E-state index contributed by atoms with van der Waals surface area (Å²) in [6.45, 7) is 5.31. The first kappa shape index (κ1) is 20.1. The fraction of sp³-hybridized carbons (Fsp3) is 0.412. The number of carbonyl (C=O) groups is 4. The predicted molar refractivity (Wildman–Crippen MR) is 92.0 cm³/mol. The van der Waals surface area contributed by atoms with Crippen LogP contribution < -0.4 is 16.0 Å². The van der Waals surface area contributed by atoms with E-state index in [0.29, 0.717) is 18.2 Å². The molecule has 0 aliphatic heterocycles. The van der Waals surface area contributed by atoms with Crippen molar-refractivity contribution in [2.24, 2.45) is 5.92 Å². The number of rotatable bonds is 7. The largest absolute Gasteiger partial charge is 0.452 e. The lowest BCUT2D eigenvalue weighted by atomic mass is 10.1. The number of benzene rings is 1. The normalized spacial score (nSPS) is 10.1. The van der Waals surface area contributed by atoms with Crippen LogP contribution in [-0.4, -0.2) is 37.0 Å². The van der Waals surface area contributed by atoms with E-state index in [9.17, 15) is 19.2 Å². The second-order valence-electron chi connectivity index (χ2n) is 5.82. The molecule has 1 rings (SSSR count). The van der Waals surface area contributed by atoms with E-state index >= 15 is 0 Å². The van der Waals surface area contributed by atoms with Crippen molar-refractivity contribution in [1.29, 1.82) is 0 Å².